The summed E-state index contributed by atoms with van der Waals surface area (Å²) in [5, 5.41) is 3.85. The van der Waals surface area contributed by atoms with Gasteiger partial charge in [-0.3, -0.25) is 9.78 Å². The fourth-order valence-corrected chi connectivity index (χ4v) is 1.65. The normalized spacial score (nSPS) is 12.1. The zero-order valence-corrected chi connectivity index (χ0v) is 12.0. The summed E-state index contributed by atoms with van der Waals surface area (Å²) >= 11 is 0. The van der Waals surface area contributed by atoms with Gasteiger partial charge in [0.05, 0.1) is 11.9 Å². The molecule has 0 bridgehead atoms. The van der Waals surface area contributed by atoms with Crippen LogP contribution in [0.5, 0.6) is 5.75 Å². The van der Waals surface area contributed by atoms with Crippen LogP contribution in [0, 0.1) is 6.92 Å². The third-order valence-electron chi connectivity index (χ3n) is 2.73. The molecular weight excluding hydrogens is 266 g/mol. The molecule has 5 heteroatoms. The van der Waals surface area contributed by atoms with Crippen molar-refractivity contribution in [3.63, 3.8) is 0 Å². The van der Waals surface area contributed by atoms with E-state index >= 15 is 0 Å². The topological polar surface area (TPSA) is 63.6 Å². The molecule has 0 saturated carbocycles. The number of aromatic nitrogens is 1. The van der Waals surface area contributed by atoms with Gasteiger partial charge < -0.3 is 4.74 Å². The summed E-state index contributed by atoms with van der Waals surface area (Å²) in [7, 11) is 0. The molecule has 0 aliphatic heterocycles. The van der Waals surface area contributed by atoms with Crippen molar-refractivity contribution in [2.75, 3.05) is 0 Å². The lowest BCUT2D eigenvalue weighted by molar-refractivity contribution is -0.127. The number of benzene rings is 1. The van der Waals surface area contributed by atoms with Gasteiger partial charge in [-0.1, -0.05) is 18.2 Å². The van der Waals surface area contributed by atoms with Gasteiger partial charge in [0, 0.05) is 6.20 Å². The van der Waals surface area contributed by atoms with Crippen LogP contribution >= 0.6 is 0 Å². The molecule has 1 amide bonds. The van der Waals surface area contributed by atoms with Gasteiger partial charge in [-0.2, -0.15) is 5.10 Å². The van der Waals surface area contributed by atoms with E-state index in [1.54, 1.807) is 19.2 Å². The Bertz CT molecular complexity index is 626. The summed E-state index contributed by atoms with van der Waals surface area (Å²) in [4.78, 5) is 15.9. The molecule has 2 rings (SSSR count). The van der Waals surface area contributed by atoms with Crippen molar-refractivity contribution >= 4 is 12.1 Å². The number of carbonyl (C=O) groups is 1. The van der Waals surface area contributed by atoms with E-state index in [1.165, 1.54) is 6.21 Å². The molecule has 1 aromatic heterocycles. The maximum Gasteiger partial charge on any atom is 0.280 e. The number of rotatable bonds is 5. The largest absolute Gasteiger partial charge is 0.481 e. The second-order valence-electron chi connectivity index (χ2n) is 4.57. The lowest BCUT2D eigenvalue weighted by Crippen LogP contribution is -2.33. The summed E-state index contributed by atoms with van der Waals surface area (Å²) in [6.45, 7) is 3.64. The molecule has 0 aliphatic carbocycles. The molecule has 0 saturated heterocycles. The maximum absolute atomic E-state index is 11.9. The van der Waals surface area contributed by atoms with Crippen LogP contribution in [-0.2, 0) is 4.79 Å². The zero-order chi connectivity index (χ0) is 15.1. The van der Waals surface area contributed by atoms with Crippen LogP contribution in [0.2, 0.25) is 0 Å². The van der Waals surface area contributed by atoms with E-state index in [2.05, 4.69) is 15.5 Å². The minimum absolute atomic E-state index is 0.316. The fourth-order valence-electron chi connectivity index (χ4n) is 1.65. The summed E-state index contributed by atoms with van der Waals surface area (Å²) in [5.74, 6) is 0.343. The highest BCUT2D eigenvalue weighted by Crippen LogP contribution is 2.14. The van der Waals surface area contributed by atoms with E-state index in [1.807, 2.05) is 43.3 Å². The van der Waals surface area contributed by atoms with Crippen LogP contribution in [0.1, 0.15) is 18.2 Å². The van der Waals surface area contributed by atoms with Gasteiger partial charge in [-0.25, -0.2) is 5.43 Å². The number of nitrogens with zero attached hydrogens (tertiary/aromatic N) is 2. The molecule has 1 heterocycles. The van der Waals surface area contributed by atoms with Gasteiger partial charge >= 0.3 is 0 Å². The standard InChI is InChI=1S/C16H17N3O2/c1-12-6-5-8-15(10-12)21-13(2)16(20)19-18-11-14-7-3-4-9-17-14/h3-11,13H,1-2H3,(H,19,20)/b18-11-/t13-/m0/s1. The Labute approximate surface area is 123 Å². The number of hydrazone groups is 1. The van der Waals surface area contributed by atoms with Crippen LogP contribution < -0.4 is 10.2 Å². The van der Waals surface area contributed by atoms with Crippen LogP contribution in [0.15, 0.2) is 53.8 Å². The van der Waals surface area contributed by atoms with Gasteiger partial charge in [-0.15, -0.1) is 0 Å². The van der Waals surface area contributed by atoms with Gasteiger partial charge in [-0.05, 0) is 43.7 Å². The monoisotopic (exact) mass is 283 g/mol. The van der Waals surface area contributed by atoms with Gasteiger partial charge in [0.25, 0.3) is 5.91 Å². The van der Waals surface area contributed by atoms with E-state index < -0.39 is 6.10 Å². The highest BCUT2D eigenvalue weighted by Gasteiger charge is 2.13. The van der Waals surface area contributed by atoms with Gasteiger partial charge in [0.1, 0.15) is 5.75 Å². The first-order chi connectivity index (χ1) is 10.1. The maximum atomic E-state index is 11.9. The molecule has 1 aromatic carbocycles. The first kappa shape index (κ1) is 14.7. The van der Waals surface area contributed by atoms with E-state index in [-0.39, 0.29) is 5.91 Å². The number of aryl methyl sites for hydroxylation is 1. The van der Waals surface area contributed by atoms with Crippen LogP contribution in [0.25, 0.3) is 0 Å². The van der Waals surface area contributed by atoms with Crippen molar-refractivity contribution in [3.05, 3.63) is 59.9 Å². The number of amides is 1. The SMILES string of the molecule is Cc1cccc(O[C@@H](C)C(=O)N/N=C\c2ccccn2)c1. The van der Waals surface area contributed by atoms with E-state index in [0.717, 1.165) is 5.56 Å². The third kappa shape index (κ3) is 4.72. The second kappa shape index (κ2) is 7.19. The number of hydrogen-bond donors (Lipinski definition) is 1. The Balaban J connectivity index is 1.87. The average Bonchev–Trinajstić information content (AvgIpc) is 2.48. The number of hydrogen-bond acceptors (Lipinski definition) is 4. The quantitative estimate of drug-likeness (QED) is 0.676. The molecule has 0 fully saturated rings. The van der Waals surface area contributed by atoms with Crippen molar-refractivity contribution in [2.45, 2.75) is 20.0 Å². The van der Waals surface area contributed by atoms with Crippen molar-refractivity contribution in [1.82, 2.24) is 10.4 Å². The molecule has 0 aliphatic rings. The molecule has 108 valence electrons. The Kier molecular flexibility index (Phi) is 5.04. The van der Waals surface area contributed by atoms with Crippen LogP contribution in [-0.4, -0.2) is 23.2 Å². The number of pyridine rings is 1. The minimum atomic E-state index is -0.632. The zero-order valence-electron chi connectivity index (χ0n) is 12.0. The Morgan fingerprint density at radius 2 is 2.19 bits per heavy atom. The van der Waals surface area contributed by atoms with E-state index in [0.29, 0.717) is 11.4 Å². The van der Waals surface area contributed by atoms with Gasteiger partial charge in [0.2, 0.25) is 0 Å². The summed E-state index contributed by atoms with van der Waals surface area (Å²) < 4.78 is 5.56. The molecule has 2 aromatic rings. The van der Waals surface area contributed by atoms with E-state index in [9.17, 15) is 4.79 Å². The second-order valence-corrected chi connectivity index (χ2v) is 4.57. The van der Waals surface area contributed by atoms with Crippen molar-refractivity contribution in [2.24, 2.45) is 5.10 Å². The lowest BCUT2D eigenvalue weighted by Gasteiger charge is -2.13. The predicted molar refractivity (Wildman–Crippen MR) is 81.2 cm³/mol. The average molecular weight is 283 g/mol. The molecule has 0 radical (unpaired) electrons. The molecule has 1 N–H and O–H groups in total. The van der Waals surface area contributed by atoms with Crippen molar-refractivity contribution in [3.8, 4) is 5.75 Å². The van der Waals surface area contributed by atoms with Crippen molar-refractivity contribution in [1.29, 1.82) is 0 Å². The summed E-state index contributed by atoms with van der Waals surface area (Å²) in [6.07, 6.45) is 2.51. The molecule has 1 atom stereocenters. The molecule has 0 spiro atoms. The van der Waals surface area contributed by atoms with Crippen LogP contribution in [0.3, 0.4) is 0 Å². The smallest absolute Gasteiger partial charge is 0.280 e. The van der Waals surface area contributed by atoms with Gasteiger partial charge in [0.15, 0.2) is 6.10 Å². The Morgan fingerprint density at radius 3 is 2.90 bits per heavy atom. The molecule has 0 unspecified atom stereocenters. The Morgan fingerprint density at radius 1 is 1.33 bits per heavy atom. The number of carbonyl (C=O) groups excluding carboxylic acids is 1. The predicted octanol–water partition coefficient (Wildman–Crippen LogP) is 2.31. The first-order valence-corrected chi connectivity index (χ1v) is 6.62. The molecule has 5 nitrogen and oxygen atoms in total. The van der Waals surface area contributed by atoms with E-state index in [4.69, 9.17) is 4.74 Å². The third-order valence-corrected chi connectivity index (χ3v) is 2.73. The van der Waals surface area contributed by atoms with Crippen molar-refractivity contribution < 1.29 is 9.53 Å². The van der Waals surface area contributed by atoms with Crippen LogP contribution in [0.4, 0.5) is 0 Å². The molecule has 21 heavy (non-hydrogen) atoms. The number of nitrogens with one attached hydrogen (secondary N) is 1. The summed E-state index contributed by atoms with van der Waals surface area (Å²) in [6, 6.07) is 13.0. The number of ether oxygens (including phenoxy) is 1. The molecular formula is C16H17N3O2. The summed E-state index contributed by atoms with van der Waals surface area (Å²) in [5.41, 5.74) is 4.18. The fraction of sp³-hybridized carbons (Fsp3) is 0.188. The minimum Gasteiger partial charge on any atom is -0.481 e. The first-order valence-electron chi connectivity index (χ1n) is 6.62. The lowest BCUT2D eigenvalue weighted by atomic mass is 10.2. The Hall–Kier alpha value is -2.69. The highest BCUT2D eigenvalue weighted by atomic mass is 16.5. The highest BCUT2D eigenvalue weighted by molar-refractivity contribution is 5.83.